The highest BCUT2D eigenvalue weighted by Crippen LogP contribution is 2.25. The molecule has 0 amide bonds. The van der Waals surface area contributed by atoms with Crippen molar-refractivity contribution in [2.45, 2.75) is 20.0 Å². The second kappa shape index (κ2) is 4.98. The van der Waals surface area contributed by atoms with E-state index in [-0.39, 0.29) is 13.2 Å². The minimum Gasteiger partial charge on any atom is -0.491 e. The summed E-state index contributed by atoms with van der Waals surface area (Å²) in [6.45, 7) is 3.89. The van der Waals surface area contributed by atoms with E-state index in [4.69, 9.17) is 9.84 Å². The smallest absolute Gasteiger partial charge is 0.125 e. The molecule has 0 saturated heterocycles. The molecule has 14 heavy (non-hydrogen) atoms. The van der Waals surface area contributed by atoms with Crippen LogP contribution in [0.15, 0.2) is 18.2 Å². The molecule has 78 valence electrons. The Balaban J connectivity index is 2.90. The third-order valence-corrected chi connectivity index (χ3v) is 1.96. The van der Waals surface area contributed by atoms with Gasteiger partial charge >= 0.3 is 0 Å². The molecular formula is C11H16O3. The van der Waals surface area contributed by atoms with E-state index >= 15 is 0 Å². The van der Waals surface area contributed by atoms with Gasteiger partial charge in [0.2, 0.25) is 0 Å². The lowest BCUT2D eigenvalue weighted by Crippen LogP contribution is -2.05. The van der Waals surface area contributed by atoms with E-state index in [0.29, 0.717) is 5.75 Å². The van der Waals surface area contributed by atoms with E-state index < -0.39 is 6.10 Å². The van der Waals surface area contributed by atoms with Crippen LogP contribution >= 0.6 is 0 Å². The lowest BCUT2D eigenvalue weighted by atomic mass is 10.1. The lowest BCUT2D eigenvalue weighted by molar-refractivity contribution is 0.177. The maximum atomic E-state index is 9.49. The predicted molar refractivity (Wildman–Crippen MR) is 54.4 cm³/mol. The lowest BCUT2D eigenvalue weighted by Gasteiger charge is -2.13. The summed E-state index contributed by atoms with van der Waals surface area (Å²) < 4.78 is 5.29. The standard InChI is InChI=1S/C11H16O3/c1-8-3-4-11(14-6-5-12)10(7-8)9(2)13/h3-4,7,9,12-13H,5-6H2,1-2H3/t9-/m0/s1. The second-order valence-electron chi connectivity index (χ2n) is 3.29. The molecule has 3 nitrogen and oxygen atoms in total. The third kappa shape index (κ3) is 2.72. The van der Waals surface area contributed by atoms with Crippen LogP contribution in [0.4, 0.5) is 0 Å². The van der Waals surface area contributed by atoms with Crippen LogP contribution in [-0.4, -0.2) is 23.4 Å². The van der Waals surface area contributed by atoms with Crippen LogP contribution in [0.3, 0.4) is 0 Å². The van der Waals surface area contributed by atoms with Crippen molar-refractivity contribution in [3.05, 3.63) is 29.3 Å². The normalized spacial score (nSPS) is 12.6. The highest BCUT2D eigenvalue weighted by molar-refractivity contribution is 5.38. The van der Waals surface area contributed by atoms with E-state index in [2.05, 4.69) is 0 Å². The summed E-state index contributed by atoms with van der Waals surface area (Å²) in [7, 11) is 0. The van der Waals surface area contributed by atoms with Gasteiger partial charge in [-0.15, -0.1) is 0 Å². The number of hydrogen-bond acceptors (Lipinski definition) is 3. The van der Waals surface area contributed by atoms with Gasteiger partial charge in [-0.2, -0.15) is 0 Å². The van der Waals surface area contributed by atoms with E-state index in [9.17, 15) is 5.11 Å². The minimum absolute atomic E-state index is 0.0207. The van der Waals surface area contributed by atoms with Crippen molar-refractivity contribution >= 4 is 0 Å². The molecule has 0 aliphatic rings. The molecule has 0 unspecified atom stereocenters. The largest absolute Gasteiger partial charge is 0.491 e. The summed E-state index contributed by atoms with van der Waals surface area (Å²) in [6.07, 6.45) is -0.552. The van der Waals surface area contributed by atoms with Crippen molar-refractivity contribution in [2.75, 3.05) is 13.2 Å². The quantitative estimate of drug-likeness (QED) is 0.765. The minimum atomic E-state index is -0.552. The van der Waals surface area contributed by atoms with E-state index in [1.54, 1.807) is 6.92 Å². The highest BCUT2D eigenvalue weighted by atomic mass is 16.5. The summed E-state index contributed by atoms with van der Waals surface area (Å²) in [5.74, 6) is 0.639. The Morgan fingerprint density at radius 1 is 1.43 bits per heavy atom. The first-order valence-corrected chi connectivity index (χ1v) is 4.67. The number of benzene rings is 1. The Morgan fingerprint density at radius 3 is 2.71 bits per heavy atom. The van der Waals surface area contributed by atoms with Crippen molar-refractivity contribution < 1.29 is 14.9 Å². The van der Waals surface area contributed by atoms with Gasteiger partial charge in [-0.1, -0.05) is 11.6 Å². The monoisotopic (exact) mass is 196 g/mol. The van der Waals surface area contributed by atoms with Crippen molar-refractivity contribution in [3.63, 3.8) is 0 Å². The molecule has 0 bridgehead atoms. The number of rotatable bonds is 4. The van der Waals surface area contributed by atoms with Crippen LogP contribution in [0.25, 0.3) is 0 Å². The van der Waals surface area contributed by atoms with Crippen LogP contribution in [-0.2, 0) is 0 Å². The van der Waals surface area contributed by atoms with E-state index in [1.165, 1.54) is 0 Å². The first-order chi connectivity index (χ1) is 6.65. The molecule has 3 heteroatoms. The number of aliphatic hydroxyl groups excluding tert-OH is 2. The fourth-order valence-electron chi connectivity index (χ4n) is 1.28. The van der Waals surface area contributed by atoms with Crippen molar-refractivity contribution in [1.29, 1.82) is 0 Å². The molecule has 0 radical (unpaired) electrons. The van der Waals surface area contributed by atoms with Gasteiger partial charge in [0.05, 0.1) is 12.7 Å². The summed E-state index contributed by atoms with van der Waals surface area (Å²) in [5, 5.41) is 18.1. The molecule has 0 aliphatic heterocycles. The summed E-state index contributed by atoms with van der Waals surface area (Å²) in [5.41, 5.74) is 1.84. The molecule has 0 heterocycles. The molecule has 2 N–H and O–H groups in total. The van der Waals surface area contributed by atoms with Gasteiger partial charge in [0.15, 0.2) is 0 Å². The molecule has 1 aromatic rings. The van der Waals surface area contributed by atoms with Crippen molar-refractivity contribution in [3.8, 4) is 5.75 Å². The Hall–Kier alpha value is -1.06. The highest BCUT2D eigenvalue weighted by Gasteiger charge is 2.08. The molecular weight excluding hydrogens is 180 g/mol. The molecule has 0 spiro atoms. The number of hydrogen-bond donors (Lipinski definition) is 2. The van der Waals surface area contributed by atoms with Gasteiger partial charge in [0.25, 0.3) is 0 Å². The topological polar surface area (TPSA) is 49.7 Å². The molecule has 0 aliphatic carbocycles. The zero-order valence-corrected chi connectivity index (χ0v) is 8.53. The van der Waals surface area contributed by atoms with Crippen LogP contribution in [0.1, 0.15) is 24.2 Å². The Bertz CT molecular complexity index is 295. The Kier molecular flexibility index (Phi) is 3.92. The fraction of sp³-hybridized carbons (Fsp3) is 0.455. The van der Waals surface area contributed by atoms with Gasteiger partial charge in [0, 0.05) is 5.56 Å². The summed E-state index contributed by atoms with van der Waals surface area (Å²) >= 11 is 0. The molecule has 1 atom stereocenters. The second-order valence-corrected chi connectivity index (χ2v) is 3.29. The van der Waals surface area contributed by atoms with Gasteiger partial charge in [-0.3, -0.25) is 0 Å². The van der Waals surface area contributed by atoms with Gasteiger partial charge in [0.1, 0.15) is 12.4 Å². The predicted octanol–water partition coefficient (Wildman–Crippen LogP) is 1.42. The zero-order valence-electron chi connectivity index (χ0n) is 8.53. The Labute approximate surface area is 84.0 Å². The van der Waals surface area contributed by atoms with Crippen LogP contribution in [0, 0.1) is 6.92 Å². The van der Waals surface area contributed by atoms with Crippen LogP contribution in [0.5, 0.6) is 5.75 Å². The summed E-state index contributed by atoms with van der Waals surface area (Å²) in [6, 6.07) is 5.61. The van der Waals surface area contributed by atoms with Gasteiger partial charge < -0.3 is 14.9 Å². The number of ether oxygens (including phenoxy) is 1. The average molecular weight is 196 g/mol. The molecule has 1 aromatic carbocycles. The van der Waals surface area contributed by atoms with Gasteiger partial charge in [-0.25, -0.2) is 0 Å². The number of aliphatic hydroxyl groups is 2. The van der Waals surface area contributed by atoms with Crippen molar-refractivity contribution in [1.82, 2.24) is 0 Å². The first kappa shape index (κ1) is 11.0. The SMILES string of the molecule is Cc1ccc(OCCO)c([C@H](C)O)c1. The van der Waals surface area contributed by atoms with Crippen LogP contribution in [0.2, 0.25) is 0 Å². The molecule has 1 rings (SSSR count). The maximum Gasteiger partial charge on any atom is 0.125 e. The summed E-state index contributed by atoms with van der Waals surface area (Å²) in [4.78, 5) is 0. The molecule has 0 aromatic heterocycles. The number of aryl methyl sites for hydroxylation is 1. The van der Waals surface area contributed by atoms with Gasteiger partial charge in [-0.05, 0) is 26.0 Å². The van der Waals surface area contributed by atoms with Crippen molar-refractivity contribution in [2.24, 2.45) is 0 Å². The molecule has 0 fully saturated rings. The maximum absolute atomic E-state index is 9.49. The average Bonchev–Trinajstić information content (AvgIpc) is 2.15. The van der Waals surface area contributed by atoms with E-state index in [0.717, 1.165) is 11.1 Å². The van der Waals surface area contributed by atoms with E-state index in [1.807, 2.05) is 25.1 Å². The zero-order chi connectivity index (χ0) is 10.6. The fourth-order valence-corrected chi connectivity index (χ4v) is 1.28. The Morgan fingerprint density at radius 2 is 2.14 bits per heavy atom. The molecule has 0 saturated carbocycles. The third-order valence-electron chi connectivity index (χ3n) is 1.96. The first-order valence-electron chi connectivity index (χ1n) is 4.67. The van der Waals surface area contributed by atoms with Crippen LogP contribution < -0.4 is 4.74 Å².